The first-order chi connectivity index (χ1) is 11.2. The molecule has 6 heteroatoms. The van der Waals surface area contributed by atoms with Gasteiger partial charge in [-0.15, -0.1) is 0 Å². The molecule has 0 aliphatic rings. The molecule has 5 nitrogen and oxygen atoms in total. The van der Waals surface area contributed by atoms with Crippen LogP contribution in [0.25, 0.3) is 17.3 Å². The zero-order chi connectivity index (χ0) is 17.8. The molecule has 0 bridgehead atoms. The minimum Gasteiger partial charge on any atom is -0.413 e. The van der Waals surface area contributed by atoms with Crippen LogP contribution in [-0.2, 0) is 4.43 Å². The molecule has 0 fully saturated rings. The van der Waals surface area contributed by atoms with Crippen LogP contribution in [0.2, 0.25) is 18.1 Å². The van der Waals surface area contributed by atoms with Crippen LogP contribution in [0.4, 0.5) is 0 Å². The van der Waals surface area contributed by atoms with Gasteiger partial charge in [0.25, 0.3) is 5.56 Å². The van der Waals surface area contributed by atoms with Gasteiger partial charge < -0.3 is 9.41 Å². The number of pyridine rings is 1. The molecule has 0 aromatic carbocycles. The predicted molar refractivity (Wildman–Crippen MR) is 100 cm³/mol. The Balaban J connectivity index is 2.10. The van der Waals surface area contributed by atoms with Crippen molar-refractivity contribution in [1.82, 2.24) is 15.0 Å². The number of rotatable bonds is 5. The summed E-state index contributed by atoms with van der Waals surface area (Å²) in [5.74, 6) is 0. The van der Waals surface area contributed by atoms with Crippen molar-refractivity contribution in [2.24, 2.45) is 0 Å². The average molecular weight is 344 g/mol. The first kappa shape index (κ1) is 18.3. The third-order valence-corrected chi connectivity index (χ3v) is 8.90. The van der Waals surface area contributed by atoms with Crippen molar-refractivity contribution < 1.29 is 4.43 Å². The number of nitrogens with zero attached hydrogens (tertiary/aromatic N) is 2. The van der Waals surface area contributed by atoms with E-state index in [1.807, 2.05) is 12.2 Å². The summed E-state index contributed by atoms with van der Waals surface area (Å²) in [6.07, 6.45) is 8.71. The summed E-state index contributed by atoms with van der Waals surface area (Å²) in [6.45, 7) is 11.6. The van der Waals surface area contributed by atoms with Crippen LogP contribution < -0.4 is 5.56 Å². The van der Waals surface area contributed by atoms with E-state index >= 15 is 0 Å². The number of nitrogens with one attached hydrogen (secondary N) is 1. The van der Waals surface area contributed by atoms with Crippen molar-refractivity contribution in [3.05, 3.63) is 52.8 Å². The summed E-state index contributed by atoms with van der Waals surface area (Å²) in [5, 5.41) is 0.186. The highest BCUT2D eigenvalue weighted by Crippen LogP contribution is 2.36. The molecular weight excluding hydrogens is 318 g/mol. The van der Waals surface area contributed by atoms with Gasteiger partial charge in [0, 0.05) is 24.2 Å². The minimum absolute atomic E-state index is 0.186. The Morgan fingerprint density at radius 3 is 2.54 bits per heavy atom. The maximum absolute atomic E-state index is 12.0. The normalized spacial score (nSPS) is 12.7. The lowest BCUT2D eigenvalue weighted by atomic mass is 10.2. The van der Waals surface area contributed by atoms with Gasteiger partial charge in [-0.1, -0.05) is 26.8 Å². The van der Waals surface area contributed by atoms with Crippen molar-refractivity contribution >= 4 is 14.4 Å². The number of aromatic amines is 1. The molecule has 24 heavy (non-hydrogen) atoms. The summed E-state index contributed by atoms with van der Waals surface area (Å²) >= 11 is 0. The van der Waals surface area contributed by atoms with E-state index in [2.05, 4.69) is 48.8 Å². The van der Waals surface area contributed by atoms with Crippen LogP contribution in [0.5, 0.6) is 0 Å². The fraction of sp³-hybridized carbons (Fsp3) is 0.389. The second-order valence-corrected chi connectivity index (χ2v) is 12.0. The maximum atomic E-state index is 12.0. The van der Waals surface area contributed by atoms with E-state index in [1.54, 1.807) is 30.7 Å². The monoisotopic (exact) mass is 343 g/mol. The summed E-state index contributed by atoms with van der Waals surface area (Å²) in [4.78, 5) is 23.1. The van der Waals surface area contributed by atoms with Crippen molar-refractivity contribution in [3.8, 4) is 11.3 Å². The molecule has 0 spiro atoms. The highest BCUT2D eigenvalue weighted by molar-refractivity contribution is 6.74. The van der Waals surface area contributed by atoms with Crippen molar-refractivity contribution in [3.63, 3.8) is 0 Å². The molecule has 128 valence electrons. The Kier molecular flexibility index (Phi) is 5.51. The molecule has 2 heterocycles. The molecule has 0 atom stereocenters. The van der Waals surface area contributed by atoms with Gasteiger partial charge in [-0.2, -0.15) is 0 Å². The van der Waals surface area contributed by atoms with E-state index in [0.717, 1.165) is 5.56 Å². The van der Waals surface area contributed by atoms with Crippen molar-refractivity contribution in [1.29, 1.82) is 0 Å². The zero-order valence-electron chi connectivity index (χ0n) is 15.0. The van der Waals surface area contributed by atoms with Crippen LogP contribution in [0.1, 0.15) is 26.5 Å². The summed E-state index contributed by atoms with van der Waals surface area (Å²) in [7, 11) is -1.75. The average Bonchev–Trinajstić information content (AvgIpc) is 2.53. The van der Waals surface area contributed by atoms with Gasteiger partial charge >= 0.3 is 0 Å². The molecule has 1 N–H and O–H groups in total. The van der Waals surface area contributed by atoms with Gasteiger partial charge in [0.1, 0.15) is 5.69 Å². The zero-order valence-corrected chi connectivity index (χ0v) is 16.0. The minimum atomic E-state index is -1.75. The molecule has 0 radical (unpaired) electrons. The number of hydrogen-bond donors (Lipinski definition) is 1. The molecule has 0 unspecified atom stereocenters. The molecule has 2 rings (SSSR count). The van der Waals surface area contributed by atoms with Crippen molar-refractivity contribution in [2.75, 3.05) is 6.61 Å². The lowest BCUT2D eigenvalue weighted by Crippen LogP contribution is -2.40. The van der Waals surface area contributed by atoms with Gasteiger partial charge in [0.2, 0.25) is 0 Å². The van der Waals surface area contributed by atoms with Gasteiger partial charge in [0.05, 0.1) is 12.3 Å². The molecule has 0 saturated heterocycles. The first-order valence-electron chi connectivity index (χ1n) is 8.01. The highest BCUT2D eigenvalue weighted by atomic mass is 28.4. The maximum Gasteiger partial charge on any atom is 0.274 e. The van der Waals surface area contributed by atoms with Crippen LogP contribution in [0.15, 0.2) is 41.6 Å². The SMILES string of the molecule is CC(C)(C)[Si](C)(C)OC/C=C/c1c[nH]c(=O)c(-c2ccncc2)n1. The van der Waals surface area contributed by atoms with Crippen LogP contribution in [-0.4, -0.2) is 29.9 Å². The van der Waals surface area contributed by atoms with Crippen LogP contribution in [0, 0.1) is 0 Å². The lowest BCUT2D eigenvalue weighted by Gasteiger charge is -2.35. The van der Waals surface area contributed by atoms with Gasteiger partial charge in [-0.3, -0.25) is 9.78 Å². The first-order valence-corrected chi connectivity index (χ1v) is 10.9. The Hall–Kier alpha value is -2.05. The van der Waals surface area contributed by atoms with Crippen LogP contribution in [0.3, 0.4) is 0 Å². The standard InChI is InChI=1S/C18H25N3O2Si/c1-18(2,3)24(4,5)23-12-6-7-15-13-20-17(22)16(21-15)14-8-10-19-11-9-14/h6-11,13H,12H2,1-5H3,(H,20,22)/b7-6+. The molecule has 0 aliphatic heterocycles. The third kappa shape index (κ3) is 4.49. The molecule has 2 aromatic heterocycles. The quantitative estimate of drug-likeness (QED) is 0.837. The highest BCUT2D eigenvalue weighted by Gasteiger charge is 2.36. The smallest absolute Gasteiger partial charge is 0.274 e. The molecule has 0 aliphatic carbocycles. The summed E-state index contributed by atoms with van der Waals surface area (Å²) in [5.41, 5.74) is 1.63. The largest absolute Gasteiger partial charge is 0.413 e. The summed E-state index contributed by atoms with van der Waals surface area (Å²) in [6, 6.07) is 3.54. The van der Waals surface area contributed by atoms with E-state index in [1.165, 1.54) is 0 Å². The lowest BCUT2D eigenvalue weighted by molar-refractivity contribution is 0.328. The third-order valence-electron chi connectivity index (χ3n) is 4.40. The van der Waals surface area contributed by atoms with Gasteiger partial charge in [-0.25, -0.2) is 4.98 Å². The van der Waals surface area contributed by atoms with E-state index in [-0.39, 0.29) is 10.6 Å². The second-order valence-electron chi connectivity index (χ2n) is 7.21. The topological polar surface area (TPSA) is 67.9 Å². The number of H-pyrrole nitrogens is 1. The van der Waals surface area contributed by atoms with E-state index in [9.17, 15) is 4.79 Å². The molecule has 2 aromatic rings. The Morgan fingerprint density at radius 1 is 1.25 bits per heavy atom. The second kappa shape index (κ2) is 7.23. The van der Waals surface area contributed by atoms with E-state index in [0.29, 0.717) is 18.0 Å². The molecule has 0 saturated carbocycles. The fourth-order valence-electron chi connectivity index (χ4n) is 1.85. The fourth-order valence-corrected chi connectivity index (χ4v) is 2.80. The summed E-state index contributed by atoms with van der Waals surface area (Å²) < 4.78 is 6.10. The van der Waals surface area contributed by atoms with Crippen LogP contribution >= 0.6 is 0 Å². The van der Waals surface area contributed by atoms with Crippen molar-refractivity contribution in [2.45, 2.75) is 38.9 Å². The van der Waals surface area contributed by atoms with E-state index < -0.39 is 8.32 Å². The predicted octanol–water partition coefficient (Wildman–Crippen LogP) is 3.87. The van der Waals surface area contributed by atoms with E-state index in [4.69, 9.17) is 4.43 Å². The number of aromatic nitrogens is 3. The number of hydrogen-bond acceptors (Lipinski definition) is 4. The van der Waals surface area contributed by atoms with Gasteiger partial charge in [0.15, 0.2) is 8.32 Å². The Labute approximate surface area is 144 Å². The van der Waals surface area contributed by atoms with Gasteiger partial charge in [-0.05, 0) is 36.3 Å². The Bertz CT molecular complexity index is 762. The molecular formula is C18H25N3O2Si. The Morgan fingerprint density at radius 2 is 1.92 bits per heavy atom. The molecule has 0 amide bonds.